The van der Waals surface area contributed by atoms with Crippen molar-refractivity contribution in [3.05, 3.63) is 0 Å². The van der Waals surface area contributed by atoms with Crippen LogP contribution < -0.4 is 0 Å². The first-order chi connectivity index (χ1) is 10.7. The minimum absolute atomic E-state index is 0.821. The fourth-order valence-corrected chi connectivity index (χ4v) is 4.52. The maximum Gasteiger partial charge on any atom is 0.227 e. The molecule has 22 heavy (non-hydrogen) atoms. The summed E-state index contributed by atoms with van der Waals surface area (Å²) in [4.78, 5) is 0. The van der Waals surface area contributed by atoms with Gasteiger partial charge in [0.25, 0.3) is 0 Å². The van der Waals surface area contributed by atoms with Crippen molar-refractivity contribution in [1.82, 2.24) is 0 Å². The molecule has 132 valence electrons. The normalized spacial score (nSPS) is 25.5. The van der Waals surface area contributed by atoms with Crippen LogP contribution in [0.4, 0.5) is 0 Å². The van der Waals surface area contributed by atoms with Gasteiger partial charge < -0.3 is 0 Å². The lowest BCUT2D eigenvalue weighted by molar-refractivity contribution is -0.812. The molecule has 0 amide bonds. The third-order valence-electron chi connectivity index (χ3n) is 5.58. The average molecular weight is 375 g/mol. The molecule has 0 bridgehead atoms. The van der Waals surface area contributed by atoms with Gasteiger partial charge in [-0.25, -0.2) is 0 Å². The molecular formula is C20H41BrN+. The van der Waals surface area contributed by atoms with Crippen molar-refractivity contribution >= 4 is 16.1 Å². The summed E-state index contributed by atoms with van der Waals surface area (Å²) in [6.07, 6.45) is 21.6. The van der Waals surface area contributed by atoms with Gasteiger partial charge >= 0.3 is 0 Å². The van der Waals surface area contributed by atoms with Gasteiger partial charge in [-0.2, -0.15) is 0 Å². The molecule has 1 saturated heterocycles. The van der Waals surface area contributed by atoms with Crippen LogP contribution in [0.15, 0.2) is 0 Å². The summed E-state index contributed by atoms with van der Waals surface area (Å²) in [5.41, 5.74) is 0. The summed E-state index contributed by atoms with van der Waals surface area (Å²) >= 11 is 4.03. The van der Waals surface area contributed by atoms with E-state index in [4.69, 9.17) is 0 Å². The van der Waals surface area contributed by atoms with Gasteiger partial charge in [-0.1, -0.05) is 71.1 Å². The van der Waals surface area contributed by atoms with Crippen LogP contribution in [0, 0.1) is 0 Å². The molecule has 1 aliphatic heterocycles. The quantitative estimate of drug-likeness (QED) is 0.233. The highest BCUT2D eigenvalue weighted by atomic mass is 79.9. The van der Waals surface area contributed by atoms with Gasteiger partial charge in [-0.05, 0) is 32.6 Å². The van der Waals surface area contributed by atoms with Crippen LogP contribution in [0.2, 0.25) is 0 Å². The molecule has 2 atom stereocenters. The largest absolute Gasteiger partial charge is 0.254 e. The van der Waals surface area contributed by atoms with Crippen molar-refractivity contribution in [1.29, 1.82) is 0 Å². The summed E-state index contributed by atoms with van der Waals surface area (Å²) in [6.45, 7) is 7.41. The third-order valence-corrected chi connectivity index (χ3v) is 6.98. The summed E-state index contributed by atoms with van der Waals surface area (Å²) < 4.78 is 1.17. The van der Waals surface area contributed by atoms with Gasteiger partial charge in [0.1, 0.15) is 0 Å². The molecule has 2 heteroatoms. The van der Waals surface area contributed by atoms with E-state index < -0.39 is 0 Å². The van der Waals surface area contributed by atoms with E-state index >= 15 is 0 Å². The van der Waals surface area contributed by atoms with E-state index in [1.54, 1.807) is 0 Å². The minimum Gasteiger partial charge on any atom is -0.254 e. The van der Waals surface area contributed by atoms with E-state index in [1.807, 2.05) is 0 Å². The lowest BCUT2D eigenvalue weighted by Gasteiger charge is -2.39. The maximum atomic E-state index is 4.03. The van der Waals surface area contributed by atoms with Crippen LogP contribution in [-0.2, 0) is 0 Å². The maximum absolute atomic E-state index is 4.03. The molecule has 2 unspecified atom stereocenters. The zero-order chi connectivity index (χ0) is 16.1. The van der Waals surface area contributed by atoms with Crippen molar-refractivity contribution in [2.75, 3.05) is 13.1 Å². The monoisotopic (exact) mass is 374 g/mol. The smallest absolute Gasteiger partial charge is 0.227 e. The molecule has 0 aromatic carbocycles. The van der Waals surface area contributed by atoms with E-state index in [-0.39, 0.29) is 0 Å². The Balaban J connectivity index is 1.85. The lowest BCUT2D eigenvalue weighted by atomic mass is 10.0. The number of rotatable bonds is 13. The Morgan fingerprint density at radius 3 is 1.77 bits per heavy atom. The Hall–Kier alpha value is 0.440. The standard InChI is InChI=1S/C20H41BrN/c1-3-4-5-6-7-8-9-10-11-12-13-15-18-22(21)19-16-14-17-20(22)2/h20H,3-19H2,1-2H3/q+1. The molecular weight excluding hydrogens is 334 g/mol. The zero-order valence-corrected chi connectivity index (χ0v) is 17.0. The number of halogens is 1. The predicted molar refractivity (Wildman–Crippen MR) is 103 cm³/mol. The Kier molecular flexibility index (Phi) is 11.9. The van der Waals surface area contributed by atoms with E-state index in [9.17, 15) is 0 Å². The first kappa shape index (κ1) is 20.5. The molecule has 0 spiro atoms. The van der Waals surface area contributed by atoms with Crippen LogP contribution in [0.5, 0.6) is 0 Å². The topological polar surface area (TPSA) is 0 Å². The molecule has 0 saturated carbocycles. The van der Waals surface area contributed by atoms with E-state index in [1.165, 1.54) is 113 Å². The summed E-state index contributed by atoms with van der Waals surface area (Å²) in [6, 6.07) is 0.821. The van der Waals surface area contributed by atoms with Crippen molar-refractivity contribution in [3.8, 4) is 0 Å². The van der Waals surface area contributed by atoms with Gasteiger partial charge in [0, 0.05) is 6.42 Å². The zero-order valence-electron chi connectivity index (χ0n) is 15.4. The van der Waals surface area contributed by atoms with E-state index in [0.717, 1.165) is 6.04 Å². The number of hydrogen-bond acceptors (Lipinski definition) is 0. The number of piperidine rings is 1. The van der Waals surface area contributed by atoms with Crippen LogP contribution in [-0.4, -0.2) is 22.6 Å². The summed E-state index contributed by atoms with van der Waals surface area (Å²) in [5, 5.41) is 0. The van der Waals surface area contributed by atoms with Crippen molar-refractivity contribution in [2.45, 2.75) is 116 Å². The molecule has 0 aliphatic carbocycles. The fraction of sp³-hybridized carbons (Fsp3) is 1.00. The number of hydrogen-bond donors (Lipinski definition) is 0. The van der Waals surface area contributed by atoms with Crippen LogP contribution in [0.1, 0.15) is 110 Å². The highest BCUT2D eigenvalue weighted by Gasteiger charge is 2.34. The molecule has 0 radical (unpaired) electrons. The van der Waals surface area contributed by atoms with Crippen LogP contribution >= 0.6 is 16.1 Å². The number of likely N-dealkylation sites (tertiary alicyclic amines) is 1. The Bertz CT molecular complexity index is 256. The van der Waals surface area contributed by atoms with Gasteiger partial charge in [0.15, 0.2) is 0 Å². The Morgan fingerprint density at radius 1 is 0.773 bits per heavy atom. The second kappa shape index (κ2) is 12.8. The third kappa shape index (κ3) is 8.91. The van der Waals surface area contributed by atoms with Crippen molar-refractivity contribution < 1.29 is 3.51 Å². The summed E-state index contributed by atoms with van der Waals surface area (Å²) in [5.74, 6) is 0. The second-order valence-corrected chi connectivity index (χ2v) is 9.02. The highest BCUT2D eigenvalue weighted by Crippen LogP contribution is 2.31. The van der Waals surface area contributed by atoms with E-state index in [0.29, 0.717) is 0 Å². The van der Waals surface area contributed by atoms with Crippen LogP contribution in [0.25, 0.3) is 0 Å². The van der Waals surface area contributed by atoms with Gasteiger partial charge in [0.05, 0.1) is 19.1 Å². The molecule has 0 aromatic rings. The molecule has 0 N–H and O–H groups in total. The second-order valence-electron chi connectivity index (χ2n) is 7.61. The SMILES string of the molecule is CCCCCCCCCCCCCC[N+]1(Br)CCCCC1C. The van der Waals surface area contributed by atoms with Crippen molar-refractivity contribution in [3.63, 3.8) is 0 Å². The molecule has 0 aromatic heterocycles. The number of unbranched alkanes of at least 4 members (excludes halogenated alkanes) is 11. The first-order valence-electron chi connectivity index (χ1n) is 10.3. The molecule has 1 nitrogen and oxygen atoms in total. The average Bonchev–Trinajstić information content (AvgIpc) is 2.51. The molecule has 1 heterocycles. The fourth-order valence-electron chi connectivity index (χ4n) is 3.81. The predicted octanol–water partition coefficient (Wildman–Crippen LogP) is 7.39. The Morgan fingerprint density at radius 2 is 1.27 bits per heavy atom. The minimum atomic E-state index is 0.821. The highest BCUT2D eigenvalue weighted by molar-refractivity contribution is 9.05. The first-order valence-corrected chi connectivity index (χ1v) is 11.0. The lowest BCUT2D eigenvalue weighted by Crippen LogP contribution is -2.49. The molecule has 1 rings (SSSR count). The number of quaternary nitrogens is 1. The summed E-state index contributed by atoms with van der Waals surface area (Å²) in [7, 11) is 0. The number of nitrogens with zero attached hydrogens (tertiary/aromatic N) is 1. The van der Waals surface area contributed by atoms with Crippen molar-refractivity contribution in [2.24, 2.45) is 0 Å². The Labute approximate surface area is 149 Å². The van der Waals surface area contributed by atoms with E-state index in [2.05, 4.69) is 30.0 Å². The van der Waals surface area contributed by atoms with Crippen LogP contribution in [0.3, 0.4) is 0 Å². The molecule has 1 aliphatic rings. The van der Waals surface area contributed by atoms with Gasteiger partial charge in [-0.3, -0.25) is 3.51 Å². The molecule has 1 fully saturated rings. The van der Waals surface area contributed by atoms with Gasteiger partial charge in [-0.15, -0.1) is 0 Å². The van der Waals surface area contributed by atoms with Gasteiger partial charge in [0.2, 0.25) is 16.1 Å².